The number of nitrogens with one attached hydrogen (secondary N) is 1. The first-order valence-corrected chi connectivity index (χ1v) is 11.0. The SMILES string of the molecule is CCOc1ccc(C(=O)NCC(=O)OCC(=O)c2ccc3c(c2)CCCC3)cc1OCC. The molecule has 1 N–H and O–H groups in total. The summed E-state index contributed by atoms with van der Waals surface area (Å²) in [4.78, 5) is 36.8. The third-order valence-corrected chi connectivity index (χ3v) is 5.23. The molecule has 1 amide bonds. The predicted molar refractivity (Wildman–Crippen MR) is 119 cm³/mol. The molecule has 0 aliphatic heterocycles. The second kappa shape index (κ2) is 11.3. The van der Waals surface area contributed by atoms with Crippen LogP contribution in [0.15, 0.2) is 36.4 Å². The Morgan fingerprint density at radius 2 is 1.53 bits per heavy atom. The Morgan fingerprint density at radius 3 is 2.28 bits per heavy atom. The molecule has 0 spiro atoms. The molecule has 0 saturated carbocycles. The monoisotopic (exact) mass is 439 g/mol. The van der Waals surface area contributed by atoms with Crippen molar-refractivity contribution in [2.45, 2.75) is 39.5 Å². The van der Waals surface area contributed by atoms with Crippen LogP contribution in [0.4, 0.5) is 0 Å². The van der Waals surface area contributed by atoms with E-state index in [4.69, 9.17) is 14.2 Å². The van der Waals surface area contributed by atoms with Gasteiger partial charge in [-0.2, -0.15) is 0 Å². The number of carbonyl (C=O) groups is 3. The van der Waals surface area contributed by atoms with Gasteiger partial charge < -0.3 is 19.5 Å². The zero-order valence-corrected chi connectivity index (χ0v) is 18.6. The van der Waals surface area contributed by atoms with Crippen LogP contribution >= 0.6 is 0 Å². The molecule has 3 rings (SSSR count). The zero-order valence-electron chi connectivity index (χ0n) is 18.6. The lowest BCUT2D eigenvalue weighted by atomic mass is 9.90. The summed E-state index contributed by atoms with van der Waals surface area (Å²) in [6, 6.07) is 10.5. The number of ether oxygens (including phenoxy) is 3. The third kappa shape index (κ3) is 6.09. The first-order chi connectivity index (χ1) is 15.5. The van der Waals surface area contributed by atoms with Crippen molar-refractivity contribution in [3.8, 4) is 11.5 Å². The Kier molecular flexibility index (Phi) is 8.25. The minimum Gasteiger partial charge on any atom is -0.490 e. The normalized spacial score (nSPS) is 12.4. The van der Waals surface area contributed by atoms with Gasteiger partial charge in [0.25, 0.3) is 5.91 Å². The first-order valence-electron chi connectivity index (χ1n) is 11.0. The van der Waals surface area contributed by atoms with E-state index in [0.29, 0.717) is 35.8 Å². The fourth-order valence-electron chi connectivity index (χ4n) is 3.63. The average molecular weight is 440 g/mol. The molecular formula is C25H29NO6. The summed E-state index contributed by atoms with van der Waals surface area (Å²) >= 11 is 0. The molecule has 0 saturated heterocycles. The summed E-state index contributed by atoms with van der Waals surface area (Å²) in [6.07, 6.45) is 4.31. The van der Waals surface area contributed by atoms with Gasteiger partial charge >= 0.3 is 5.97 Å². The highest BCUT2D eigenvalue weighted by Gasteiger charge is 2.16. The molecule has 0 unspecified atom stereocenters. The smallest absolute Gasteiger partial charge is 0.325 e. The van der Waals surface area contributed by atoms with E-state index in [-0.39, 0.29) is 18.9 Å². The van der Waals surface area contributed by atoms with Crippen molar-refractivity contribution in [1.29, 1.82) is 0 Å². The number of fused-ring (bicyclic) bond motifs is 1. The van der Waals surface area contributed by atoms with Gasteiger partial charge in [0.1, 0.15) is 6.54 Å². The van der Waals surface area contributed by atoms with Crippen LogP contribution in [0.2, 0.25) is 0 Å². The summed E-state index contributed by atoms with van der Waals surface area (Å²) in [6.45, 7) is 3.90. The van der Waals surface area contributed by atoms with Crippen LogP contribution in [0.3, 0.4) is 0 Å². The zero-order chi connectivity index (χ0) is 22.9. The maximum absolute atomic E-state index is 12.4. The van der Waals surface area contributed by atoms with E-state index in [2.05, 4.69) is 5.32 Å². The third-order valence-electron chi connectivity index (χ3n) is 5.23. The average Bonchev–Trinajstić information content (AvgIpc) is 2.82. The minimum atomic E-state index is -0.680. The lowest BCUT2D eigenvalue weighted by molar-refractivity contribution is -0.141. The summed E-state index contributed by atoms with van der Waals surface area (Å²) in [5, 5.41) is 2.50. The highest BCUT2D eigenvalue weighted by Crippen LogP contribution is 2.28. The van der Waals surface area contributed by atoms with Crippen molar-refractivity contribution in [1.82, 2.24) is 5.32 Å². The highest BCUT2D eigenvalue weighted by molar-refractivity contribution is 5.99. The molecule has 1 aliphatic rings. The number of carbonyl (C=O) groups excluding carboxylic acids is 3. The Labute approximate surface area is 188 Å². The van der Waals surface area contributed by atoms with E-state index < -0.39 is 11.9 Å². The summed E-state index contributed by atoms with van der Waals surface area (Å²) in [5.41, 5.74) is 3.35. The molecule has 32 heavy (non-hydrogen) atoms. The molecule has 0 radical (unpaired) electrons. The number of ketones is 1. The molecule has 7 nitrogen and oxygen atoms in total. The molecule has 0 fully saturated rings. The quantitative estimate of drug-likeness (QED) is 0.450. The van der Waals surface area contributed by atoms with Crippen LogP contribution in [0, 0.1) is 0 Å². The number of Topliss-reactive ketones (excluding diaryl/α,β-unsaturated/α-hetero) is 1. The number of esters is 1. The lowest BCUT2D eigenvalue weighted by Crippen LogP contribution is -2.31. The summed E-state index contributed by atoms with van der Waals surface area (Å²) < 4.78 is 16.0. The molecular weight excluding hydrogens is 410 g/mol. The topological polar surface area (TPSA) is 90.9 Å². The van der Waals surface area contributed by atoms with Crippen molar-refractivity contribution < 1.29 is 28.6 Å². The van der Waals surface area contributed by atoms with Crippen LogP contribution in [0.25, 0.3) is 0 Å². The number of amides is 1. The Hall–Kier alpha value is -3.35. The van der Waals surface area contributed by atoms with Crippen molar-refractivity contribution in [3.63, 3.8) is 0 Å². The van der Waals surface area contributed by atoms with Crippen molar-refractivity contribution in [2.24, 2.45) is 0 Å². The second-order valence-corrected chi connectivity index (χ2v) is 7.48. The maximum Gasteiger partial charge on any atom is 0.325 e. The van der Waals surface area contributed by atoms with Crippen LogP contribution in [-0.2, 0) is 22.4 Å². The second-order valence-electron chi connectivity index (χ2n) is 7.48. The van der Waals surface area contributed by atoms with Gasteiger partial charge in [-0.3, -0.25) is 14.4 Å². The van der Waals surface area contributed by atoms with E-state index in [1.807, 2.05) is 26.0 Å². The van der Waals surface area contributed by atoms with Gasteiger partial charge in [0.05, 0.1) is 13.2 Å². The molecule has 0 aromatic heterocycles. The van der Waals surface area contributed by atoms with Crippen LogP contribution in [0.5, 0.6) is 11.5 Å². The van der Waals surface area contributed by atoms with Crippen molar-refractivity contribution in [2.75, 3.05) is 26.4 Å². The Balaban J connectivity index is 1.49. The van der Waals surface area contributed by atoms with Crippen LogP contribution < -0.4 is 14.8 Å². The van der Waals surface area contributed by atoms with E-state index >= 15 is 0 Å². The summed E-state index contributed by atoms with van der Waals surface area (Å²) in [7, 11) is 0. The van der Waals surface area contributed by atoms with E-state index in [9.17, 15) is 14.4 Å². The van der Waals surface area contributed by atoms with Crippen LogP contribution in [-0.4, -0.2) is 44.0 Å². The Morgan fingerprint density at radius 1 is 0.844 bits per heavy atom. The number of hydrogen-bond donors (Lipinski definition) is 1. The largest absolute Gasteiger partial charge is 0.490 e. The molecule has 170 valence electrons. The minimum absolute atomic E-state index is 0.258. The highest BCUT2D eigenvalue weighted by atomic mass is 16.5. The number of rotatable bonds is 10. The standard InChI is InChI=1S/C25H29NO6/c1-3-30-22-12-11-20(14-23(22)31-4-2)25(29)26-15-24(28)32-16-21(27)19-10-9-17-7-5-6-8-18(17)13-19/h9-14H,3-8,15-16H2,1-2H3,(H,26,29). The van der Waals surface area contributed by atoms with E-state index in [1.165, 1.54) is 17.5 Å². The van der Waals surface area contributed by atoms with E-state index in [1.54, 1.807) is 24.3 Å². The predicted octanol–water partition coefficient (Wildman–Crippen LogP) is 3.52. The molecule has 7 heteroatoms. The van der Waals surface area contributed by atoms with Crippen molar-refractivity contribution >= 4 is 17.7 Å². The van der Waals surface area contributed by atoms with Gasteiger partial charge in [-0.25, -0.2) is 0 Å². The lowest BCUT2D eigenvalue weighted by Gasteiger charge is -2.16. The number of aryl methyl sites for hydroxylation is 2. The Bertz CT molecular complexity index is 984. The van der Waals surface area contributed by atoms with Gasteiger partial charge in [0.15, 0.2) is 23.9 Å². The van der Waals surface area contributed by atoms with Gasteiger partial charge in [-0.15, -0.1) is 0 Å². The first kappa shape index (κ1) is 23.3. The van der Waals surface area contributed by atoms with Gasteiger partial charge in [0.2, 0.25) is 0 Å². The summed E-state index contributed by atoms with van der Waals surface area (Å²) in [5.74, 6) is -0.385. The van der Waals surface area contributed by atoms with Gasteiger partial charge in [-0.1, -0.05) is 12.1 Å². The maximum atomic E-state index is 12.4. The molecule has 0 atom stereocenters. The molecule has 0 heterocycles. The fourth-order valence-corrected chi connectivity index (χ4v) is 3.63. The number of benzene rings is 2. The van der Waals surface area contributed by atoms with Crippen LogP contribution in [0.1, 0.15) is 58.5 Å². The van der Waals surface area contributed by atoms with Crippen molar-refractivity contribution in [3.05, 3.63) is 58.7 Å². The molecule has 0 bridgehead atoms. The fraction of sp³-hybridized carbons (Fsp3) is 0.400. The molecule has 2 aromatic carbocycles. The molecule has 1 aliphatic carbocycles. The number of hydrogen-bond acceptors (Lipinski definition) is 6. The van der Waals surface area contributed by atoms with E-state index in [0.717, 1.165) is 19.3 Å². The van der Waals surface area contributed by atoms with Gasteiger partial charge in [-0.05, 0) is 74.9 Å². The molecule has 2 aromatic rings. The van der Waals surface area contributed by atoms with Gasteiger partial charge in [0, 0.05) is 11.1 Å².